The van der Waals surface area contributed by atoms with E-state index in [-0.39, 0.29) is 48.0 Å². The highest BCUT2D eigenvalue weighted by atomic mass is 19.4. The number of alkyl halides is 5. The Hall–Kier alpha value is -2.59. The van der Waals surface area contributed by atoms with E-state index < -0.39 is 41.7 Å². The molecule has 1 aliphatic carbocycles. The second kappa shape index (κ2) is 12.3. The number of benzene rings is 2. The van der Waals surface area contributed by atoms with Crippen molar-refractivity contribution in [1.29, 1.82) is 0 Å². The molecule has 10 heteroatoms. The summed E-state index contributed by atoms with van der Waals surface area (Å²) in [5.74, 6) is -2.74. The van der Waals surface area contributed by atoms with E-state index in [1.165, 1.54) is 12.1 Å². The second-order valence-electron chi connectivity index (χ2n) is 10.2. The molecule has 0 atom stereocenters. The smallest absolute Gasteiger partial charge is 0.416 e. The molecule has 2 aromatic carbocycles. The third-order valence-electron chi connectivity index (χ3n) is 7.38. The molecule has 0 aromatic heterocycles. The minimum atomic E-state index is -4.57. The van der Waals surface area contributed by atoms with Crippen molar-refractivity contribution in [2.24, 2.45) is 17.8 Å². The summed E-state index contributed by atoms with van der Waals surface area (Å²) in [5.41, 5.74) is -0.738. The highest BCUT2D eigenvalue weighted by Crippen LogP contribution is 2.42. The van der Waals surface area contributed by atoms with Crippen LogP contribution in [0.25, 0.3) is 0 Å². The summed E-state index contributed by atoms with van der Waals surface area (Å²) in [4.78, 5) is 0. The molecule has 0 N–H and O–H groups in total. The summed E-state index contributed by atoms with van der Waals surface area (Å²) in [6.45, 7) is 2.66. The van der Waals surface area contributed by atoms with Crippen molar-refractivity contribution >= 4 is 0 Å². The van der Waals surface area contributed by atoms with Gasteiger partial charge < -0.3 is 14.2 Å². The molecule has 3 nitrogen and oxygen atoms in total. The van der Waals surface area contributed by atoms with Crippen molar-refractivity contribution in [3.8, 4) is 5.75 Å². The predicted molar refractivity (Wildman–Crippen MR) is 130 cm³/mol. The number of allylic oxidation sites excluding steroid dienone is 1. The van der Waals surface area contributed by atoms with Crippen LogP contribution in [-0.4, -0.2) is 19.3 Å². The average molecular weight is 561 g/mol. The molecule has 1 saturated carbocycles. The van der Waals surface area contributed by atoms with E-state index in [2.05, 4.69) is 0 Å². The highest BCUT2D eigenvalue weighted by molar-refractivity contribution is 5.29. The van der Waals surface area contributed by atoms with Gasteiger partial charge in [-0.15, -0.1) is 0 Å². The number of ether oxygens (including phenoxy) is 3. The Kier molecular flexibility index (Phi) is 9.26. The Morgan fingerprint density at radius 3 is 2.03 bits per heavy atom. The van der Waals surface area contributed by atoms with Crippen molar-refractivity contribution < 1.29 is 44.9 Å². The molecule has 0 bridgehead atoms. The van der Waals surface area contributed by atoms with Gasteiger partial charge in [0.15, 0.2) is 6.29 Å². The zero-order valence-corrected chi connectivity index (χ0v) is 21.5. The van der Waals surface area contributed by atoms with Gasteiger partial charge in [0.25, 0.3) is 0 Å². The summed E-state index contributed by atoms with van der Waals surface area (Å²) < 4.78 is 113. The fourth-order valence-corrected chi connectivity index (χ4v) is 5.18. The van der Waals surface area contributed by atoms with E-state index in [0.717, 1.165) is 12.1 Å². The Labute approximate surface area is 222 Å². The Morgan fingerprint density at radius 2 is 1.49 bits per heavy atom. The SMILES string of the molecule is C/C=C/C1COC(c2cc(F)c(CCC3CCC(C(F)(F)Oc4ccc(C(F)(F)F)cc4)CC3)c(F)c2)OC1. The maximum Gasteiger partial charge on any atom is 0.416 e. The molecule has 2 aromatic rings. The van der Waals surface area contributed by atoms with Crippen LogP contribution in [0.3, 0.4) is 0 Å². The van der Waals surface area contributed by atoms with E-state index >= 15 is 0 Å². The van der Waals surface area contributed by atoms with Gasteiger partial charge in [-0.2, -0.15) is 22.0 Å². The lowest BCUT2D eigenvalue weighted by Gasteiger charge is -2.33. The first-order valence-corrected chi connectivity index (χ1v) is 13.0. The second-order valence-corrected chi connectivity index (χ2v) is 10.2. The molecule has 39 heavy (non-hydrogen) atoms. The summed E-state index contributed by atoms with van der Waals surface area (Å²) in [6.07, 6.45) is -3.44. The van der Waals surface area contributed by atoms with Crippen LogP contribution in [0, 0.1) is 29.4 Å². The lowest BCUT2D eigenvalue weighted by Crippen LogP contribution is -2.37. The molecule has 0 unspecified atom stereocenters. The van der Waals surface area contributed by atoms with Crippen LogP contribution in [0.15, 0.2) is 48.6 Å². The molecule has 2 aliphatic rings. The van der Waals surface area contributed by atoms with Crippen molar-refractivity contribution in [1.82, 2.24) is 0 Å². The van der Waals surface area contributed by atoms with Crippen molar-refractivity contribution in [3.63, 3.8) is 0 Å². The number of halogens is 7. The largest absolute Gasteiger partial charge is 0.432 e. The van der Waals surface area contributed by atoms with Gasteiger partial charge in [0.1, 0.15) is 17.4 Å². The van der Waals surface area contributed by atoms with Gasteiger partial charge in [-0.3, -0.25) is 0 Å². The van der Waals surface area contributed by atoms with Crippen molar-refractivity contribution in [3.05, 3.63) is 76.9 Å². The predicted octanol–water partition coefficient (Wildman–Crippen LogP) is 8.63. The van der Waals surface area contributed by atoms with Gasteiger partial charge in [-0.1, -0.05) is 12.2 Å². The van der Waals surface area contributed by atoms with Gasteiger partial charge in [-0.05, 0) is 87.8 Å². The summed E-state index contributed by atoms with van der Waals surface area (Å²) >= 11 is 0. The van der Waals surface area contributed by atoms with Crippen LogP contribution in [0.1, 0.15) is 62.0 Å². The summed E-state index contributed by atoms with van der Waals surface area (Å²) in [7, 11) is 0. The molecule has 1 heterocycles. The Balaban J connectivity index is 1.27. The average Bonchev–Trinajstić information content (AvgIpc) is 2.88. The first kappa shape index (κ1) is 29.4. The van der Waals surface area contributed by atoms with Crippen LogP contribution in [0.5, 0.6) is 5.75 Å². The number of rotatable bonds is 8. The monoisotopic (exact) mass is 560 g/mol. The van der Waals surface area contributed by atoms with Gasteiger partial charge in [0.05, 0.1) is 24.7 Å². The maximum absolute atomic E-state index is 14.8. The molecule has 1 saturated heterocycles. The fourth-order valence-electron chi connectivity index (χ4n) is 5.18. The summed E-state index contributed by atoms with van der Waals surface area (Å²) in [6, 6.07) is 5.59. The van der Waals surface area contributed by atoms with Crippen molar-refractivity contribution in [2.75, 3.05) is 13.2 Å². The van der Waals surface area contributed by atoms with Crippen LogP contribution in [-0.2, 0) is 22.1 Å². The normalized spacial score (nSPS) is 24.7. The van der Waals surface area contributed by atoms with Crippen molar-refractivity contribution in [2.45, 2.75) is 64.0 Å². The van der Waals surface area contributed by atoms with Gasteiger partial charge in [0, 0.05) is 17.0 Å². The minimum absolute atomic E-state index is 0.00941. The van der Waals surface area contributed by atoms with E-state index in [1.54, 1.807) is 0 Å². The van der Waals surface area contributed by atoms with E-state index in [1.807, 2.05) is 19.1 Å². The van der Waals surface area contributed by atoms with Gasteiger partial charge >= 0.3 is 12.3 Å². The fraction of sp³-hybridized carbons (Fsp3) is 0.517. The highest BCUT2D eigenvalue weighted by Gasteiger charge is 2.44. The molecule has 0 radical (unpaired) electrons. The number of hydrogen-bond acceptors (Lipinski definition) is 3. The summed E-state index contributed by atoms with van der Waals surface area (Å²) in [5, 5.41) is 0. The van der Waals surface area contributed by atoms with Crippen LogP contribution in [0.4, 0.5) is 30.7 Å². The molecular formula is C29H31F7O3. The van der Waals surface area contributed by atoms with Gasteiger partial charge in [0.2, 0.25) is 0 Å². The van der Waals surface area contributed by atoms with E-state index in [9.17, 15) is 30.7 Å². The van der Waals surface area contributed by atoms with Crippen LogP contribution < -0.4 is 4.74 Å². The lowest BCUT2D eigenvalue weighted by atomic mass is 9.79. The number of hydrogen-bond donors (Lipinski definition) is 0. The molecule has 214 valence electrons. The zero-order valence-electron chi connectivity index (χ0n) is 21.5. The first-order chi connectivity index (χ1) is 18.5. The molecule has 4 rings (SSSR count). The first-order valence-electron chi connectivity index (χ1n) is 13.0. The van der Waals surface area contributed by atoms with Crippen LogP contribution in [0.2, 0.25) is 0 Å². The van der Waals surface area contributed by atoms with Gasteiger partial charge in [-0.25, -0.2) is 8.78 Å². The lowest BCUT2D eigenvalue weighted by molar-refractivity contribution is -0.223. The zero-order chi connectivity index (χ0) is 28.2. The molecular weight excluding hydrogens is 529 g/mol. The molecule has 0 amide bonds. The molecule has 2 fully saturated rings. The topological polar surface area (TPSA) is 27.7 Å². The maximum atomic E-state index is 14.8. The minimum Gasteiger partial charge on any atom is -0.432 e. The Bertz CT molecular complexity index is 1090. The molecule has 0 spiro atoms. The molecule has 1 aliphatic heterocycles. The van der Waals surface area contributed by atoms with Crippen LogP contribution >= 0.6 is 0 Å². The third-order valence-corrected chi connectivity index (χ3v) is 7.38. The third kappa shape index (κ3) is 7.54. The standard InChI is InChI=1S/C29H31F7O3/c1-2-3-19-16-37-27(38-17-19)20-14-25(30)24(26(31)15-20)13-6-18-4-7-22(8-5-18)29(35,36)39-23-11-9-21(10-12-23)28(32,33)34/h2-3,9-12,14-15,18-19,22,27H,4-8,13,16-17H2,1H3/b3-2+. The quantitative estimate of drug-likeness (QED) is 0.239. The van der Waals surface area contributed by atoms with E-state index in [4.69, 9.17) is 14.2 Å². The van der Waals surface area contributed by atoms with E-state index in [0.29, 0.717) is 44.6 Å². The Morgan fingerprint density at radius 1 is 0.897 bits per heavy atom.